The summed E-state index contributed by atoms with van der Waals surface area (Å²) in [6.07, 6.45) is 3.21. The Bertz CT molecular complexity index is 2640. The van der Waals surface area contributed by atoms with Crippen LogP contribution in [-0.2, 0) is 26.5 Å². The third kappa shape index (κ3) is 8.93. The van der Waals surface area contributed by atoms with Crippen molar-refractivity contribution in [2.45, 2.75) is 86.4 Å². The van der Waals surface area contributed by atoms with E-state index in [4.69, 9.17) is 9.97 Å². The zero-order chi connectivity index (χ0) is 39.9. The van der Waals surface area contributed by atoms with Crippen molar-refractivity contribution in [1.29, 1.82) is 0 Å². The zero-order valence-electron chi connectivity index (χ0n) is 34.7. The molecule has 0 aliphatic heterocycles. The topological polar surface area (TPSA) is 30.7 Å². The van der Waals surface area contributed by atoms with Crippen molar-refractivity contribution in [3.8, 4) is 28.3 Å². The van der Waals surface area contributed by atoms with E-state index in [0.29, 0.717) is 11.8 Å². The van der Waals surface area contributed by atoms with E-state index in [1.807, 2.05) is 36.4 Å². The standard InChI is InChI=1S/C31H26FN2S.C19H26NSi.Ir/c1-18(2)21-9-7-10-22(19(3)4)29(21)34-27-14-6-5-13-26(27)33-31(34)25-12-8-11-24-23-16-15-20(32)17-28(23)35-30(24)25;1-19(2,3)13-16-12-17(15-10-8-7-9-11-15)20-14-18(16)21(4,5)6;/h5-11,13-19H,1-4H3;7-10,12,14H,13H2,1-6H3;/q2*-1;. The molecule has 0 saturated carbocycles. The first-order valence-electron chi connectivity index (χ1n) is 19.7. The van der Waals surface area contributed by atoms with Gasteiger partial charge >= 0.3 is 0 Å². The van der Waals surface area contributed by atoms with Crippen molar-refractivity contribution in [3.63, 3.8) is 0 Å². The maximum Gasteiger partial charge on any atom is 0.124 e. The van der Waals surface area contributed by atoms with Gasteiger partial charge in [-0.05, 0) is 80.0 Å². The number of fused-ring (bicyclic) bond motifs is 4. The fraction of sp³-hybridized carbons (Fsp3) is 0.280. The van der Waals surface area contributed by atoms with Crippen LogP contribution in [0.2, 0.25) is 19.6 Å². The van der Waals surface area contributed by atoms with Crippen LogP contribution >= 0.6 is 11.3 Å². The van der Waals surface area contributed by atoms with Crippen LogP contribution in [0.5, 0.6) is 0 Å². The summed E-state index contributed by atoms with van der Waals surface area (Å²) in [4.78, 5) is 9.87. The quantitative estimate of drug-likeness (QED) is 0.118. The Labute approximate surface area is 356 Å². The first-order valence-corrected chi connectivity index (χ1v) is 24.0. The molecule has 0 aliphatic carbocycles. The van der Waals surface area contributed by atoms with Gasteiger partial charge < -0.3 is 9.55 Å². The van der Waals surface area contributed by atoms with E-state index in [2.05, 4.69) is 146 Å². The van der Waals surface area contributed by atoms with E-state index in [1.54, 1.807) is 17.4 Å². The van der Waals surface area contributed by atoms with Gasteiger partial charge in [0.15, 0.2) is 0 Å². The molecule has 0 unspecified atom stereocenters. The molecule has 3 aromatic heterocycles. The number of imidazole rings is 1. The number of pyridine rings is 1. The van der Waals surface area contributed by atoms with Crippen LogP contribution in [0.25, 0.3) is 59.5 Å². The first-order chi connectivity index (χ1) is 26.6. The molecule has 295 valence electrons. The molecule has 8 rings (SSSR count). The predicted octanol–water partition coefficient (Wildman–Crippen LogP) is 13.9. The maximum absolute atomic E-state index is 14.0. The maximum atomic E-state index is 14.0. The number of benzene rings is 5. The van der Waals surface area contributed by atoms with Gasteiger partial charge in [-0.15, -0.1) is 54.1 Å². The molecule has 3 heterocycles. The molecule has 0 aliphatic rings. The van der Waals surface area contributed by atoms with Crippen LogP contribution in [0.4, 0.5) is 4.39 Å². The third-order valence-corrected chi connectivity index (χ3v) is 13.5. The summed E-state index contributed by atoms with van der Waals surface area (Å²) in [6.45, 7) is 23.1. The molecule has 0 amide bonds. The molecule has 0 saturated heterocycles. The minimum Gasteiger partial charge on any atom is -0.333 e. The van der Waals surface area contributed by atoms with Gasteiger partial charge in [-0.1, -0.05) is 127 Å². The summed E-state index contributed by atoms with van der Waals surface area (Å²) >= 11 is 1.61. The molecule has 57 heavy (non-hydrogen) atoms. The second kappa shape index (κ2) is 16.9. The van der Waals surface area contributed by atoms with E-state index in [1.165, 1.54) is 33.6 Å². The average molecular weight is 966 g/mol. The molecule has 8 aromatic rings. The second-order valence-electron chi connectivity index (χ2n) is 17.7. The van der Waals surface area contributed by atoms with Crippen LogP contribution < -0.4 is 5.19 Å². The Morgan fingerprint density at radius 2 is 1.49 bits per heavy atom. The fourth-order valence-corrected chi connectivity index (χ4v) is 10.5. The van der Waals surface area contributed by atoms with Crippen LogP contribution in [-0.4, -0.2) is 22.6 Å². The van der Waals surface area contributed by atoms with Crippen molar-refractivity contribution in [2.75, 3.05) is 0 Å². The summed E-state index contributed by atoms with van der Waals surface area (Å²) in [7, 11) is -1.37. The van der Waals surface area contributed by atoms with E-state index in [-0.39, 0.29) is 31.3 Å². The van der Waals surface area contributed by atoms with Gasteiger partial charge in [0.25, 0.3) is 0 Å². The summed E-state index contributed by atoms with van der Waals surface area (Å²) in [5.74, 6) is 1.36. The molecule has 0 fully saturated rings. The van der Waals surface area contributed by atoms with Crippen LogP contribution in [0.1, 0.15) is 77.0 Å². The smallest absolute Gasteiger partial charge is 0.124 e. The average Bonchev–Trinajstić information content (AvgIpc) is 3.72. The van der Waals surface area contributed by atoms with Crippen LogP contribution in [0.3, 0.4) is 0 Å². The molecule has 3 nitrogen and oxygen atoms in total. The number of thiophene rings is 1. The Morgan fingerprint density at radius 1 is 0.789 bits per heavy atom. The second-order valence-corrected chi connectivity index (χ2v) is 23.8. The summed E-state index contributed by atoms with van der Waals surface area (Å²) in [5, 5.41) is 3.66. The van der Waals surface area contributed by atoms with Crippen molar-refractivity contribution in [1.82, 2.24) is 14.5 Å². The van der Waals surface area contributed by atoms with Crippen molar-refractivity contribution >= 4 is 55.8 Å². The number of halogens is 1. The van der Waals surface area contributed by atoms with Gasteiger partial charge in [-0.2, -0.15) is 11.3 Å². The summed E-state index contributed by atoms with van der Waals surface area (Å²) < 4.78 is 18.4. The molecule has 5 aromatic carbocycles. The molecular weight excluding hydrogens is 914 g/mol. The fourth-order valence-electron chi connectivity index (χ4n) is 7.66. The molecule has 7 heteroatoms. The minimum absolute atomic E-state index is 0. The normalized spacial score (nSPS) is 12.0. The molecular formula is C50H52FIrN3SSi-2. The molecule has 0 atom stereocenters. The number of hydrogen-bond donors (Lipinski definition) is 0. The molecule has 0 spiro atoms. The molecule has 0 N–H and O–H groups in total. The number of hydrogen-bond acceptors (Lipinski definition) is 3. The van der Waals surface area contributed by atoms with Gasteiger partial charge in [0.1, 0.15) is 5.82 Å². The largest absolute Gasteiger partial charge is 0.333 e. The minimum atomic E-state index is -1.37. The van der Waals surface area contributed by atoms with Crippen LogP contribution in [0, 0.1) is 23.4 Å². The van der Waals surface area contributed by atoms with E-state index in [9.17, 15) is 4.39 Å². The van der Waals surface area contributed by atoms with E-state index in [0.717, 1.165) is 60.3 Å². The number of nitrogens with zero attached hydrogens (tertiary/aromatic N) is 3. The zero-order valence-corrected chi connectivity index (χ0v) is 38.9. The van der Waals surface area contributed by atoms with E-state index >= 15 is 0 Å². The predicted molar refractivity (Wildman–Crippen MR) is 241 cm³/mol. The number of para-hydroxylation sites is 3. The number of rotatable bonds is 7. The monoisotopic (exact) mass is 966 g/mol. The Morgan fingerprint density at radius 3 is 2.14 bits per heavy atom. The molecule has 1 radical (unpaired) electrons. The van der Waals surface area contributed by atoms with Gasteiger partial charge in [0.2, 0.25) is 0 Å². The van der Waals surface area contributed by atoms with Gasteiger partial charge in [0, 0.05) is 36.7 Å². The van der Waals surface area contributed by atoms with Crippen molar-refractivity contribution in [2.24, 2.45) is 5.41 Å². The Hall–Kier alpha value is -4.26. The van der Waals surface area contributed by atoms with Crippen LogP contribution in [0.15, 0.2) is 109 Å². The SMILES string of the molecule is CC(C)(C)Cc1cc(-c2[c-]cccc2)ncc1[Si](C)(C)C.CC(C)c1cccc(C(C)C)c1-n1c(-c2[c-]ccc3c2sc2cc(F)ccc23)nc2ccccc21.[Ir]. The van der Waals surface area contributed by atoms with Crippen molar-refractivity contribution in [3.05, 3.63) is 144 Å². The van der Waals surface area contributed by atoms with E-state index < -0.39 is 8.07 Å². The Balaban J connectivity index is 0.000000215. The summed E-state index contributed by atoms with van der Waals surface area (Å²) in [6, 6.07) is 41.2. The Kier molecular flexibility index (Phi) is 12.6. The van der Waals surface area contributed by atoms with Crippen molar-refractivity contribution < 1.29 is 24.5 Å². The first kappa shape index (κ1) is 42.3. The molecule has 0 bridgehead atoms. The summed E-state index contributed by atoms with van der Waals surface area (Å²) in [5.41, 5.74) is 10.6. The van der Waals surface area contributed by atoms with Gasteiger partial charge in [-0.25, -0.2) is 4.39 Å². The van der Waals surface area contributed by atoms with Gasteiger partial charge in [0.05, 0.1) is 24.9 Å². The van der Waals surface area contributed by atoms with Gasteiger partial charge in [-0.3, -0.25) is 4.98 Å². The number of aromatic nitrogens is 3. The third-order valence-electron chi connectivity index (χ3n) is 10.2.